The SMILES string of the molecule is CC(O)CC(C)(C)CNC(=O)c1ccn(C2CCCNC2)n1.Cl. The number of halogens is 1. The van der Waals surface area contributed by atoms with Crippen LogP contribution in [-0.2, 0) is 0 Å². The quantitative estimate of drug-likeness (QED) is 0.734. The molecule has 23 heavy (non-hydrogen) atoms. The molecule has 1 fully saturated rings. The molecule has 0 spiro atoms. The zero-order valence-electron chi connectivity index (χ0n) is 14.2. The second kappa shape index (κ2) is 8.66. The van der Waals surface area contributed by atoms with Crippen molar-refractivity contribution in [2.75, 3.05) is 19.6 Å². The molecule has 1 saturated heterocycles. The lowest BCUT2D eigenvalue weighted by atomic mass is 9.87. The molecule has 0 bridgehead atoms. The van der Waals surface area contributed by atoms with Crippen LogP contribution in [0.1, 0.15) is 56.6 Å². The summed E-state index contributed by atoms with van der Waals surface area (Å²) in [5, 5.41) is 20.2. The Balaban J connectivity index is 0.00000264. The number of aromatic nitrogens is 2. The Morgan fingerprint density at radius 1 is 1.61 bits per heavy atom. The molecule has 1 aliphatic heterocycles. The molecule has 2 rings (SSSR count). The van der Waals surface area contributed by atoms with Crippen LogP contribution in [0.3, 0.4) is 0 Å². The number of carbonyl (C=O) groups excluding carboxylic acids is 1. The summed E-state index contributed by atoms with van der Waals surface area (Å²) < 4.78 is 1.89. The van der Waals surface area contributed by atoms with E-state index in [9.17, 15) is 9.90 Å². The van der Waals surface area contributed by atoms with E-state index in [0.29, 0.717) is 24.7 Å². The number of carbonyl (C=O) groups is 1. The number of nitrogens with zero attached hydrogens (tertiary/aromatic N) is 2. The van der Waals surface area contributed by atoms with Gasteiger partial charge in [0.05, 0.1) is 12.1 Å². The van der Waals surface area contributed by atoms with Crippen molar-refractivity contribution in [1.82, 2.24) is 20.4 Å². The van der Waals surface area contributed by atoms with E-state index in [2.05, 4.69) is 15.7 Å². The molecule has 7 heteroatoms. The molecule has 0 aliphatic carbocycles. The first-order valence-corrected chi connectivity index (χ1v) is 8.09. The van der Waals surface area contributed by atoms with E-state index < -0.39 is 0 Å². The highest BCUT2D eigenvalue weighted by atomic mass is 35.5. The summed E-state index contributed by atoms with van der Waals surface area (Å²) in [5.74, 6) is -0.152. The largest absolute Gasteiger partial charge is 0.393 e. The molecule has 1 amide bonds. The van der Waals surface area contributed by atoms with Gasteiger partial charge in [-0.1, -0.05) is 13.8 Å². The Labute approximate surface area is 144 Å². The Kier molecular flexibility index (Phi) is 7.51. The maximum Gasteiger partial charge on any atom is 0.271 e. The summed E-state index contributed by atoms with van der Waals surface area (Å²) in [6, 6.07) is 2.10. The summed E-state index contributed by atoms with van der Waals surface area (Å²) in [6.07, 6.45) is 4.39. The van der Waals surface area contributed by atoms with Crippen LogP contribution in [0.5, 0.6) is 0 Å². The van der Waals surface area contributed by atoms with Gasteiger partial charge in [-0.15, -0.1) is 12.4 Å². The van der Waals surface area contributed by atoms with Gasteiger partial charge in [-0.2, -0.15) is 5.10 Å². The Morgan fingerprint density at radius 3 is 2.96 bits per heavy atom. The molecule has 1 aromatic heterocycles. The number of rotatable bonds is 6. The maximum atomic E-state index is 12.2. The number of nitrogens with one attached hydrogen (secondary N) is 2. The standard InChI is InChI=1S/C16H28N4O2.ClH/c1-12(21)9-16(2,3)11-18-15(22)14-6-8-20(19-14)13-5-4-7-17-10-13;/h6,8,12-13,17,21H,4-5,7,9-11H2,1-3H3,(H,18,22);1H. The Bertz CT molecular complexity index is 496. The fourth-order valence-electron chi connectivity index (χ4n) is 3.00. The summed E-state index contributed by atoms with van der Waals surface area (Å²) in [5.41, 5.74) is 0.318. The number of hydrogen-bond donors (Lipinski definition) is 3. The van der Waals surface area contributed by atoms with Crippen LogP contribution in [0, 0.1) is 5.41 Å². The van der Waals surface area contributed by atoms with Gasteiger partial charge in [0.2, 0.25) is 0 Å². The molecule has 6 nitrogen and oxygen atoms in total. The Hall–Kier alpha value is -1.11. The maximum absolute atomic E-state index is 12.2. The second-order valence-corrected chi connectivity index (χ2v) is 7.08. The van der Waals surface area contributed by atoms with E-state index in [0.717, 1.165) is 25.9 Å². The van der Waals surface area contributed by atoms with Crippen molar-refractivity contribution in [3.63, 3.8) is 0 Å². The van der Waals surface area contributed by atoms with Crippen LogP contribution < -0.4 is 10.6 Å². The molecule has 2 unspecified atom stereocenters. The van der Waals surface area contributed by atoms with Crippen LogP contribution in [0.15, 0.2) is 12.3 Å². The van der Waals surface area contributed by atoms with Gasteiger partial charge in [-0.3, -0.25) is 9.48 Å². The number of hydrogen-bond acceptors (Lipinski definition) is 4. The van der Waals surface area contributed by atoms with Crippen molar-refractivity contribution in [2.24, 2.45) is 5.41 Å². The van der Waals surface area contributed by atoms with E-state index in [1.54, 1.807) is 13.0 Å². The van der Waals surface area contributed by atoms with E-state index in [1.807, 2.05) is 24.7 Å². The van der Waals surface area contributed by atoms with Gasteiger partial charge in [-0.25, -0.2) is 0 Å². The van der Waals surface area contributed by atoms with Crippen molar-refractivity contribution in [3.8, 4) is 0 Å². The van der Waals surface area contributed by atoms with Crippen LogP contribution in [0.4, 0.5) is 0 Å². The van der Waals surface area contributed by atoms with Crippen LogP contribution >= 0.6 is 12.4 Å². The smallest absolute Gasteiger partial charge is 0.271 e. The van der Waals surface area contributed by atoms with Gasteiger partial charge in [0.25, 0.3) is 5.91 Å². The molecule has 1 aromatic rings. The van der Waals surface area contributed by atoms with Crippen molar-refractivity contribution >= 4 is 18.3 Å². The minimum Gasteiger partial charge on any atom is -0.393 e. The second-order valence-electron chi connectivity index (χ2n) is 7.08. The molecule has 2 atom stereocenters. The molecule has 0 aromatic carbocycles. The third-order valence-corrected chi connectivity index (χ3v) is 4.06. The molecule has 1 aliphatic rings. The highest BCUT2D eigenvalue weighted by Crippen LogP contribution is 2.21. The monoisotopic (exact) mass is 344 g/mol. The predicted molar refractivity (Wildman–Crippen MR) is 93.0 cm³/mol. The topological polar surface area (TPSA) is 79.2 Å². The van der Waals surface area contributed by atoms with Gasteiger partial charge < -0.3 is 15.7 Å². The van der Waals surface area contributed by atoms with Gasteiger partial charge in [-0.05, 0) is 44.2 Å². The molecule has 0 radical (unpaired) electrons. The summed E-state index contributed by atoms with van der Waals surface area (Å²) >= 11 is 0. The van der Waals surface area contributed by atoms with Gasteiger partial charge in [0.1, 0.15) is 5.69 Å². The van der Waals surface area contributed by atoms with E-state index in [1.165, 1.54) is 0 Å². The third-order valence-electron chi connectivity index (χ3n) is 4.06. The number of piperidine rings is 1. The lowest BCUT2D eigenvalue weighted by molar-refractivity contribution is 0.0896. The third kappa shape index (κ3) is 6.12. The summed E-state index contributed by atoms with van der Waals surface area (Å²) in [4.78, 5) is 12.2. The highest BCUT2D eigenvalue weighted by Gasteiger charge is 2.22. The molecular weight excluding hydrogens is 316 g/mol. The lowest BCUT2D eigenvalue weighted by Crippen LogP contribution is -2.36. The van der Waals surface area contributed by atoms with E-state index >= 15 is 0 Å². The minimum absolute atomic E-state index is 0. The summed E-state index contributed by atoms with van der Waals surface area (Å²) in [6.45, 7) is 8.32. The zero-order chi connectivity index (χ0) is 16.2. The van der Waals surface area contributed by atoms with Crippen LogP contribution in [-0.4, -0.2) is 46.5 Å². The van der Waals surface area contributed by atoms with Crippen molar-refractivity contribution in [3.05, 3.63) is 18.0 Å². The average Bonchev–Trinajstić information content (AvgIpc) is 2.94. The van der Waals surface area contributed by atoms with Gasteiger partial charge in [0.15, 0.2) is 0 Å². The Morgan fingerprint density at radius 2 is 2.35 bits per heavy atom. The van der Waals surface area contributed by atoms with E-state index in [-0.39, 0.29) is 29.8 Å². The van der Waals surface area contributed by atoms with E-state index in [4.69, 9.17) is 0 Å². The summed E-state index contributed by atoms with van der Waals surface area (Å²) in [7, 11) is 0. The van der Waals surface area contributed by atoms with Crippen molar-refractivity contribution < 1.29 is 9.90 Å². The first-order valence-electron chi connectivity index (χ1n) is 8.09. The lowest BCUT2D eigenvalue weighted by Gasteiger charge is -2.26. The zero-order valence-corrected chi connectivity index (χ0v) is 15.0. The normalized spacial score (nSPS) is 19.7. The fraction of sp³-hybridized carbons (Fsp3) is 0.750. The number of aliphatic hydroxyl groups is 1. The number of amides is 1. The molecule has 2 heterocycles. The van der Waals surface area contributed by atoms with Gasteiger partial charge in [0, 0.05) is 19.3 Å². The van der Waals surface area contributed by atoms with Crippen LogP contribution in [0.2, 0.25) is 0 Å². The van der Waals surface area contributed by atoms with Crippen molar-refractivity contribution in [1.29, 1.82) is 0 Å². The minimum atomic E-state index is -0.370. The molecule has 132 valence electrons. The van der Waals surface area contributed by atoms with Crippen LogP contribution in [0.25, 0.3) is 0 Å². The van der Waals surface area contributed by atoms with Gasteiger partial charge >= 0.3 is 0 Å². The first kappa shape index (κ1) is 19.9. The average molecular weight is 345 g/mol. The predicted octanol–water partition coefficient (Wildman–Crippen LogP) is 1.76. The highest BCUT2D eigenvalue weighted by molar-refractivity contribution is 5.92. The molecule has 3 N–H and O–H groups in total. The first-order chi connectivity index (χ1) is 10.4. The van der Waals surface area contributed by atoms with Crippen molar-refractivity contribution in [2.45, 2.75) is 52.2 Å². The fourth-order valence-corrected chi connectivity index (χ4v) is 3.00. The molecular formula is C16H29ClN4O2. The number of aliphatic hydroxyl groups excluding tert-OH is 1. The molecule has 0 saturated carbocycles.